The first-order chi connectivity index (χ1) is 15.2. The van der Waals surface area contributed by atoms with Gasteiger partial charge in [-0.05, 0) is 31.8 Å². The number of nitrogens with two attached hydrogens (primary N) is 1. The Hall–Kier alpha value is -3.11. The van der Waals surface area contributed by atoms with E-state index in [2.05, 4.69) is 15.0 Å². The van der Waals surface area contributed by atoms with Crippen molar-refractivity contribution in [3.05, 3.63) is 24.0 Å². The number of anilines is 1. The van der Waals surface area contributed by atoms with Gasteiger partial charge >= 0.3 is 6.18 Å². The summed E-state index contributed by atoms with van der Waals surface area (Å²) >= 11 is 0. The number of aromatic amines is 1. The maximum atomic E-state index is 12.9. The van der Waals surface area contributed by atoms with Gasteiger partial charge < -0.3 is 20.5 Å². The predicted molar refractivity (Wildman–Crippen MR) is 112 cm³/mol. The van der Waals surface area contributed by atoms with E-state index in [1.807, 2.05) is 4.90 Å². The van der Waals surface area contributed by atoms with Gasteiger partial charge in [0.2, 0.25) is 11.8 Å². The summed E-state index contributed by atoms with van der Waals surface area (Å²) in [5.41, 5.74) is 7.04. The van der Waals surface area contributed by atoms with Gasteiger partial charge in [0, 0.05) is 49.9 Å². The monoisotopic (exact) mass is 450 g/mol. The molecule has 1 aliphatic heterocycles. The largest absolute Gasteiger partial charge is 0.391 e. The molecule has 2 aromatic heterocycles. The van der Waals surface area contributed by atoms with Crippen LogP contribution in [-0.2, 0) is 9.59 Å². The number of hydrogen-bond acceptors (Lipinski definition) is 5. The molecule has 0 atom stereocenters. The van der Waals surface area contributed by atoms with E-state index in [1.165, 1.54) is 6.08 Å². The number of amides is 2. The number of aromatic nitrogens is 3. The van der Waals surface area contributed by atoms with Crippen LogP contribution in [0.25, 0.3) is 17.2 Å². The Bertz CT molecular complexity index is 1020. The summed E-state index contributed by atoms with van der Waals surface area (Å²) in [5.74, 6) is -1.56. The number of piperazine rings is 1. The third-order valence-corrected chi connectivity index (χ3v) is 6.28. The van der Waals surface area contributed by atoms with Gasteiger partial charge in [-0.15, -0.1) is 0 Å². The quantitative estimate of drug-likeness (QED) is 0.696. The minimum atomic E-state index is -4.17. The fourth-order valence-electron chi connectivity index (χ4n) is 4.43. The van der Waals surface area contributed by atoms with E-state index in [-0.39, 0.29) is 24.7 Å². The van der Waals surface area contributed by atoms with Crippen molar-refractivity contribution in [2.75, 3.05) is 31.1 Å². The summed E-state index contributed by atoms with van der Waals surface area (Å²) in [6, 6.07) is 0. The molecule has 3 heterocycles. The van der Waals surface area contributed by atoms with E-state index in [9.17, 15) is 22.8 Å². The van der Waals surface area contributed by atoms with E-state index in [0.29, 0.717) is 61.6 Å². The molecule has 1 saturated carbocycles. The number of rotatable bonds is 4. The van der Waals surface area contributed by atoms with E-state index in [0.717, 1.165) is 0 Å². The Morgan fingerprint density at radius 3 is 2.44 bits per heavy atom. The lowest BCUT2D eigenvalue weighted by molar-refractivity contribution is -0.185. The number of alkyl halides is 3. The lowest BCUT2D eigenvalue weighted by Crippen LogP contribution is -2.51. The number of carbonyl (C=O) groups is 2. The van der Waals surface area contributed by atoms with Crippen molar-refractivity contribution in [3.63, 3.8) is 0 Å². The Kier molecular flexibility index (Phi) is 6.07. The molecule has 0 spiro atoms. The molecular weight excluding hydrogens is 425 g/mol. The van der Waals surface area contributed by atoms with Crippen LogP contribution in [0.2, 0.25) is 0 Å². The molecule has 2 aliphatic rings. The van der Waals surface area contributed by atoms with Crippen molar-refractivity contribution in [1.82, 2.24) is 19.9 Å². The predicted octanol–water partition coefficient (Wildman–Crippen LogP) is 2.47. The van der Waals surface area contributed by atoms with Crippen molar-refractivity contribution in [2.45, 2.75) is 31.9 Å². The van der Waals surface area contributed by atoms with E-state index < -0.39 is 18.0 Å². The number of halogens is 3. The number of carbonyl (C=O) groups excluding carboxylic acids is 2. The van der Waals surface area contributed by atoms with Crippen molar-refractivity contribution >= 4 is 34.9 Å². The highest BCUT2D eigenvalue weighted by Crippen LogP contribution is 2.40. The van der Waals surface area contributed by atoms with Crippen LogP contribution in [0.1, 0.15) is 31.2 Å². The van der Waals surface area contributed by atoms with Crippen LogP contribution in [0.4, 0.5) is 19.0 Å². The molecule has 0 radical (unpaired) electrons. The molecule has 2 amide bonds. The van der Waals surface area contributed by atoms with Crippen LogP contribution in [0, 0.1) is 11.8 Å². The molecule has 11 heteroatoms. The Morgan fingerprint density at radius 2 is 1.81 bits per heavy atom. The second kappa shape index (κ2) is 8.79. The van der Waals surface area contributed by atoms with E-state index >= 15 is 0 Å². The van der Waals surface area contributed by atoms with Crippen molar-refractivity contribution in [3.8, 4) is 0 Å². The standard InChI is InChI=1S/C21H25F3N6O2/c22-21(23,24)15-4-1-13(2-5-15)20(32)30-9-7-29(8-10-30)17-12-27-19-18(28-17)14(11-26-19)3-6-16(25)31/h3,6,11-13,15H,1-2,4-5,7-10H2,(H2,25,31)(H,26,27)/b6-3+/t13-,15-. The molecule has 2 fully saturated rings. The molecule has 0 unspecified atom stereocenters. The van der Waals surface area contributed by atoms with Crippen molar-refractivity contribution in [2.24, 2.45) is 17.6 Å². The molecule has 0 bridgehead atoms. The van der Waals surface area contributed by atoms with Gasteiger partial charge in [0.05, 0.1) is 12.1 Å². The summed E-state index contributed by atoms with van der Waals surface area (Å²) in [4.78, 5) is 39.6. The number of fused-ring (bicyclic) bond motifs is 1. The van der Waals surface area contributed by atoms with Crippen LogP contribution in [-0.4, -0.2) is 64.0 Å². The summed E-state index contributed by atoms with van der Waals surface area (Å²) in [5, 5.41) is 0. The first-order valence-corrected chi connectivity index (χ1v) is 10.6. The summed E-state index contributed by atoms with van der Waals surface area (Å²) < 4.78 is 38.6. The number of H-pyrrole nitrogens is 1. The Labute approximate surface area is 182 Å². The summed E-state index contributed by atoms with van der Waals surface area (Å²) in [7, 11) is 0. The maximum absolute atomic E-state index is 12.9. The average molecular weight is 450 g/mol. The molecule has 1 aliphatic carbocycles. The SMILES string of the molecule is NC(=O)/C=C/c1c[nH]c2ncc(N3CCN(C(=O)[C@H]4CC[C@H](C(F)(F)F)CC4)CC3)nc12. The minimum absolute atomic E-state index is 0.0265. The number of primary amides is 1. The fraction of sp³-hybridized carbons (Fsp3) is 0.524. The average Bonchev–Trinajstić information content (AvgIpc) is 3.19. The Morgan fingerprint density at radius 1 is 1.12 bits per heavy atom. The molecule has 4 rings (SSSR count). The van der Waals surface area contributed by atoms with Crippen LogP contribution in [0.3, 0.4) is 0 Å². The number of nitrogens with zero attached hydrogens (tertiary/aromatic N) is 4. The van der Waals surface area contributed by atoms with Gasteiger partial charge in [0.15, 0.2) is 5.65 Å². The second-order valence-electron chi connectivity index (χ2n) is 8.31. The van der Waals surface area contributed by atoms with Gasteiger partial charge in [0.25, 0.3) is 0 Å². The van der Waals surface area contributed by atoms with E-state index in [4.69, 9.17) is 5.73 Å². The highest BCUT2D eigenvalue weighted by molar-refractivity contribution is 5.93. The van der Waals surface area contributed by atoms with Gasteiger partial charge in [-0.2, -0.15) is 13.2 Å². The lowest BCUT2D eigenvalue weighted by Gasteiger charge is -2.38. The van der Waals surface area contributed by atoms with Gasteiger partial charge in [-0.25, -0.2) is 9.97 Å². The third kappa shape index (κ3) is 4.71. The minimum Gasteiger partial charge on any atom is -0.366 e. The van der Waals surface area contributed by atoms with Crippen molar-refractivity contribution in [1.29, 1.82) is 0 Å². The molecule has 8 nitrogen and oxygen atoms in total. The lowest BCUT2D eigenvalue weighted by atomic mass is 9.81. The van der Waals surface area contributed by atoms with Crippen LogP contribution in [0.15, 0.2) is 18.5 Å². The zero-order valence-corrected chi connectivity index (χ0v) is 17.4. The van der Waals surface area contributed by atoms with Crippen LogP contribution < -0.4 is 10.6 Å². The zero-order valence-electron chi connectivity index (χ0n) is 17.4. The molecule has 3 N–H and O–H groups in total. The first kappa shape index (κ1) is 22.1. The second-order valence-corrected chi connectivity index (χ2v) is 8.31. The zero-order chi connectivity index (χ0) is 22.9. The number of hydrogen-bond donors (Lipinski definition) is 2. The van der Waals surface area contributed by atoms with Crippen molar-refractivity contribution < 1.29 is 22.8 Å². The highest BCUT2D eigenvalue weighted by atomic mass is 19.4. The first-order valence-electron chi connectivity index (χ1n) is 10.6. The molecule has 2 aromatic rings. The molecule has 0 aromatic carbocycles. The van der Waals surface area contributed by atoms with Gasteiger partial charge in [-0.3, -0.25) is 9.59 Å². The van der Waals surface area contributed by atoms with Gasteiger partial charge in [0.1, 0.15) is 11.3 Å². The maximum Gasteiger partial charge on any atom is 0.391 e. The fourth-order valence-corrected chi connectivity index (χ4v) is 4.43. The summed E-state index contributed by atoms with van der Waals surface area (Å²) in [6.45, 7) is 2.08. The van der Waals surface area contributed by atoms with Gasteiger partial charge in [-0.1, -0.05) is 0 Å². The Balaban J connectivity index is 1.36. The normalized spacial score (nSPS) is 22.6. The molecule has 1 saturated heterocycles. The highest BCUT2D eigenvalue weighted by Gasteiger charge is 2.43. The summed E-state index contributed by atoms with van der Waals surface area (Å²) in [6.07, 6.45) is 2.64. The molecule has 172 valence electrons. The topological polar surface area (TPSA) is 108 Å². The number of nitrogens with one attached hydrogen (secondary N) is 1. The molecular formula is C21H25F3N6O2. The van der Waals surface area contributed by atoms with E-state index in [1.54, 1.807) is 23.4 Å². The van der Waals surface area contributed by atoms with Crippen LogP contribution in [0.5, 0.6) is 0 Å². The molecule has 32 heavy (non-hydrogen) atoms. The smallest absolute Gasteiger partial charge is 0.366 e. The third-order valence-electron chi connectivity index (χ3n) is 6.28. The van der Waals surface area contributed by atoms with Crippen LogP contribution >= 0.6 is 0 Å².